The number of ether oxygens (including phenoxy) is 1. The summed E-state index contributed by atoms with van der Waals surface area (Å²) in [5, 5.41) is 3.60. The maximum absolute atomic E-state index is 14.0. The molecular weight excluding hydrogens is 549 g/mol. The van der Waals surface area contributed by atoms with Gasteiger partial charge in [-0.15, -0.1) is 24.8 Å². The summed E-state index contributed by atoms with van der Waals surface area (Å²) < 4.78 is 8.23. The minimum Gasteiger partial charge on any atom is -0.378 e. The lowest BCUT2D eigenvalue weighted by molar-refractivity contribution is 0.0646. The summed E-state index contributed by atoms with van der Waals surface area (Å²) in [5.41, 5.74) is 4.84. The Labute approximate surface area is 245 Å². The number of carbonyl (C=O) groups excluding carboxylic acids is 2. The molecule has 2 amide bonds. The van der Waals surface area contributed by atoms with Crippen LogP contribution in [0.2, 0.25) is 0 Å². The van der Waals surface area contributed by atoms with Crippen molar-refractivity contribution in [1.29, 1.82) is 0 Å². The van der Waals surface area contributed by atoms with Gasteiger partial charge in [-0.05, 0) is 40.3 Å². The Balaban J connectivity index is 0.00000185. The van der Waals surface area contributed by atoms with Gasteiger partial charge >= 0.3 is 0 Å². The smallest absolute Gasteiger partial charge is 0.262 e. The lowest BCUT2D eigenvalue weighted by Gasteiger charge is -2.16. The zero-order valence-corrected chi connectivity index (χ0v) is 24.8. The van der Waals surface area contributed by atoms with E-state index < -0.39 is 0 Å². The van der Waals surface area contributed by atoms with Crippen molar-refractivity contribution in [3.63, 3.8) is 0 Å². The number of aromatic amines is 1. The second-order valence-electron chi connectivity index (χ2n) is 10.5. The molecule has 8 nitrogen and oxygen atoms in total. The Morgan fingerprint density at radius 3 is 2.08 bits per heavy atom. The lowest BCUT2D eigenvalue weighted by Crippen LogP contribution is -2.35. The van der Waals surface area contributed by atoms with Crippen molar-refractivity contribution in [2.24, 2.45) is 0 Å². The summed E-state index contributed by atoms with van der Waals surface area (Å²) in [4.78, 5) is 37.0. The van der Waals surface area contributed by atoms with E-state index in [1.165, 1.54) is 4.90 Å². The Hall–Kier alpha value is -3.14. The van der Waals surface area contributed by atoms with E-state index in [1.807, 2.05) is 69.5 Å². The molecular formula is C30H35Cl2N5O3. The molecule has 0 saturated carbocycles. The van der Waals surface area contributed by atoms with Crippen molar-refractivity contribution in [2.45, 2.75) is 6.54 Å². The lowest BCUT2D eigenvalue weighted by atomic mass is 9.97. The molecule has 1 N–H and O–H groups in total. The van der Waals surface area contributed by atoms with Gasteiger partial charge in [0.05, 0.1) is 35.4 Å². The molecule has 0 atom stereocenters. The molecule has 0 bridgehead atoms. The third-order valence-corrected chi connectivity index (χ3v) is 7.49. The summed E-state index contributed by atoms with van der Waals surface area (Å²) >= 11 is 0. The van der Waals surface area contributed by atoms with Crippen molar-refractivity contribution in [3.05, 3.63) is 59.7 Å². The number of nitrogens with zero attached hydrogens (tertiary/aromatic N) is 4. The van der Waals surface area contributed by atoms with Crippen molar-refractivity contribution in [1.82, 2.24) is 24.3 Å². The maximum atomic E-state index is 14.0. The van der Waals surface area contributed by atoms with E-state index in [4.69, 9.17) is 4.74 Å². The summed E-state index contributed by atoms with van der Waals surface area (Å²) in [5.74, 6) is -0.429. The number of amides is 2. The van der Waals surface area contributed by atoms with Gasteiger partial charge in [0, 0.05) is 58.8 Å². The van der Waals surface area contributed by atoms with Crippen LogP contribution in [0.5, 0.6) is 0 Å². The fourth-order valence-electron chi connectivity index (χ4n) is 5.68. The van der Waals surface area contributed by atoms with E-state index in [0.29, 0.717) is 44.0 Å². The number of aromatic nitrogens is 2. The van der Waals surface area contributed by atoms with Crippen molar-refractivity contribution in [3.8, 4) is 0 Å². The summed E-state index contributed by atoms with van der Waals surface area (Å²) in [7, 11) is 7.96. The van der Waals surface area contributed by atoms with Crippen LogP contribution in [0.25, 0.3) is 43.6 Å². The highest BCUT2D eigenvalue weighted by Gasteiger charge is 2.41. The quantitative estimate of drug-likeness (QED) is 0.195. The van der Waals surface area contributed by atoms with E-state index >= 15 is 0 Å². The molecule has 1 aliphatic rings. The first-order valence-electron chi connectivity index (χ1n) is 13.1. The summed E-state index contributed by atoms with van der Waals surface area (Å²) in [6.45, 7) is 3.64. The molecule has 0 unspecified atom stereocenters. The topological polar surface area (TPSA) is 73.8 Å². The number of likely N-dealkylation sites (N-methyl/N-ethyl adjacent to an activating group) is 2. The van der Waals surface area contributed by atoms with Gasteiger partial charge in [-0.1, -0.05) is 36.4 Å². The molecule has 10 heteroatoms. The first kappa shape index (κ1) is 29.8. The van der Waals surface area contributed by atoms with Gasteiger partial charge in [0.1, 0.15) is 0 Å². The number of imide groups is 1. The number of benzene rings is 3. The average molecular weight is 585 g/mol. The van der Waals surface area contributed by atoms with Crippen molar-refractivity contribution in [2.75, 3.05) is 61.0 Å². The summed E-state index contributed by atoms with van der Waals surface area (Å²) in [6, 6.07) is 16.2. The Bertz CT molecular complexity index is 1720. The standard InChI is InChI=1S/C30H33N5O3.2ClH/c1-32(2)13-14-35-29(36)25-23-19-9-5-7-11-21(19)31-27(23)28-24(26(25)30(35)37)20-10-6-8-12-22(20)34(28)16-18-38-17-15-33(3)4;;/h5-12,31H,13-18H2,1-4H3;2*1H. The zero-order chi connectivity index (χ0) is 26.6. The average Bonchev–Trinajstić information content (AvgIpc) is 3.51. The number of halogens is 2. The van der Waals surface area contributed by atoms with Crippen LogP contribution in [0.4, 0.5) is 0 Å². The predicted octanol–water partition coefficient (Wildman–Crippen LogP) is 5.01. The van der Waals surface area contributed by atoms with Crippen molar-refractivity contribution < 1.29 is 14.3 Å². The van der Waals surface area contributed by atoms with Crippen LogP contribution in [0.3, 0.4) is 0 Å². The predicted molar refractivity (Wildman–Crippen MR) is 167 cm³/mol. The Morgan fingerprint density at radius 1 is 0.750 bits per heavy atom. The van der Waals surface area contributed by atoms with Gasteiger partial charge in [-0.3, -0.25) is 14.5 Å². The Kier molecular flexibility index (Phi) is 8.77. The first-order chi connectivity index (χ1) is 18.4. The monoisotopic (exact) mass is 583 g/mol. The number of carbonyl (C=O) groups is 2. The highest BCUT2D eigenvalue weighted by atomic mass is 35.5. The second kappa shape index (κ2) is 11.8. The number of hydrogen-bond donors (Lipinski definition) is 1. The van der Waals surface area contributed by atoms with Crippen LogP contribution in [0.15, 0.2) is 48.5 Å². The fraction of sp³-hybridized carbons (Fsp3) is 0.333. The molecule has 0 aliphatic carbocycles. The van der Waals surface area contributed by atoms with Crippen molar-refractivity contribution >= 4 is 80.2 Å². The molecule has 212 valence electrons. The highest BCUT2D eigenvalue weighted by molar-refractivity contribution is 6.39. The molecule has 1 aliphatic heterocycles. The number of para-hydroxylation sites is 2. The molecule has 5 aromatic rings. The van der Waals surface area contributed by atoms with Gasteiger partial charge in [0.25, 0.3) is 11.8 Å². The first-order valence-corrected chi connectivity index (χ1v) is 13.1. The van der Waals surface area contributed by atoms with E-state index in [1.54, 1.807) is 0 Å². The van der Waals surface area contributed by atoms with Gasteiger partial charge in [0.15, 0.2) is 0 Å². The highest BCUT2D eigenvalue weighted by Crippen LogP contribution is 2.44. The number of nitrogens with one attached hydrogen (secondary N) is 1. The number of fused-ring (bicyclic) bond motifs is 10. The normalized spacial score (nSPS) is 13.3. The van der Waals surface area contributed by atoms with Crippen LogP contribution in [0.1, 0.15) is 20.7 Å². The minimum absolute atomic E-state index is 0. The molecule has 2 aromatic heterocycles. The van der Waals surface area contributed by atoms with E-state index in [2.05, 4.69) is 26.6 Å². The van der Waals surface area contributed by atoms with Crippen LogP contribution in [-0.4, -0.2) is 97.1 Å². The number of hydrogen-bond acceptors (Lipinski definition) is 5. The Morgan fingerprint density at radius 2 is 1.38 bits per heavy atom. The minimum atomic E-state index is -0.215. The molecule has 40 heavy (non-hydrogen) atoms. The molecule has 6 rings (SSSR count). The molecule has 0 saturated heterocycles. The van der Waals surface area contributed by atoms with Gasteiger partial charge < -0.3 is 24.1 Å². The molecule has 3 aromatic carbocycles. The molecule has 0 radical (unpaired) electrons. The van der Waals surface area contributed by atoms with E-state index in [0.717, 1.165) is 50.2 Å². The summed E-state index contributed by atoms with van der Waals surface area (Å²) in [6.07, 6.45) is 0. The van der Waals surface area contributed by atoms with Crippen LogP contribution >= 0.6 is 24.8 Å². The fourth-order valence-corrected chi connectivity index (χ4v) is 5.68. The van der Waals surface area contributed by atoms with Crippen LogP contribution < -0.4 is 0 Å². The van der Waals surface area contributed by atoms with E-state index in [9.17, 15) is 9.59 Å². The molecule has 0 fully saturated rings. The van der Waals surface area contributed by atoms with Gasteiger partial charge in [-0.25, -0.2) is 0 Å². The van der Waals surface area contributed by atoms with Gasteiger partial charge in [-0.2, -0.15) is 0 Å². The van der Waals surface area contributed by atoms with Gasteiger partial charge in [0.2, 0.25) is 0 Å². The third kappa shape index (κ3) is 4.74. The third-order valence-electron chi connectivity index (χ3n) is 7.49. The van der Waals surface area contributed by atoms with Crippen LogP contribution in [0, 0.1) is 0 Å². The molecule has 3 heterocycles. The van der Waals surface area contributed by atoms with E-state index in [-0.39, 0.29) is 36.6 Å². The molecule has 0 spiro atoms. The van der Waals surface area contributed by atoms with Crippen LogP contribution in [-0.2, 0) is 11.3 Å². The zero-order valence-electron chi connectivity index (χ0n) is 23.2. The second-order valence-corrected chi connectivity index (χ2v) is 10.5. The maximum Gasteiger partial charge on any atom is 0.262 e. The number of H-pyrrole nitrogens is 1. The largest absolute Gasteiger partial charge is 0.378 e. The SMILES string of the molecule is CN(C)CCOCCn1c2ccccc2c2c3c(c4c5ccccc5[nH]c4c21)C(=O)N(CCN(C)C)C3=O.Cl.Cl. The number of rotatable bonds is 9.